The van der Waals surface area contributed by atoms with Crippen molar-refractivity contribution in [3.8, 4) is 0 Å². The van der Waals surface area contributed by atoms with Crippen LogP contribution in [0.4, 0.5) is 4.79 Å². The Hall–Kier alpha value is -0.687. The van der Waals surface area contributed by atoms with Crippen molar-refractivity contribution in [2.75, 3.05) is 0 Å². The maximum absolute atomic E-state index is 11.6. The zero-order chi connectivity index (χ0) is 17.2. The van der Waals surface area contributed by atoms with Gasteiger partial charge in [0.25, 0.3) is 5.97 Å². The molecule has 1 N–H and O–H groups in total. The molecule has 0 aromatic heterocycles. The fourth-order valence-corrected chi connectivity index (χ4v) is 1.34. The molecule has 0 fully saturated rings. The van der Waals surface area contributed by atoms with Crippen LogP contribution in [-0.4, -0.2) is 23.7 Å². The number of nitrogens with one attached hydrogen (secondary N) is 1. The Kier molecular flexibility index (Phi) is 10.6. The number of alkyl carbamates (subject to hydrolysis) is 1. The van der Waals surface area contributed by atoms with Crippen LogP contribution in [0, 0.1) is 6.92 Å². The van der Waals surface area contributed by atoms with Gasteiger partial charge in [0.15, 0.2) is 0 Å². The predicted molar refractivity (Wildman–Crippen MR) is 88.8 cm³/mol. The Morgan fingerprint density at radius 2 is 1.82 bits per heavy atom. The fraction of sp³-hybridized carbons (Fsp3) is 0.400. The molecule has 0 radical (unpaired) electrons. The Morgan fingerprint density at radius 3 is 2.32 bits per heavy atom. The van der Waals surface area contributed by atoms with Gasteiger partial charge in [0.05, 0.1) is 0 Å². The first kappa shape index (κ1) is 21.3. The maximum atomic E-state index is 11.6. The zero-order valence-electron chi connectivity index (χ0n) is 13.1. The monoisotopic (exact) mass is 469 g/mol. The SMILES string of the molecule is [CH2-][C@H](NC(=O)OCc1ccccc1)C(=O)OC(C)(C)C.[Zn+][I]. The van der Waals surface area contributed by atoms with E-state index >= 15 is 0 Å². The van der Waals surface area contributed by atoms with Gasteiger partial charge in [-0.25, -0.2) is 4.79 Å². The minimum absolute atomic E-state index is 0.133. The van der Waals surface area contributed by atoms with Gasteiger partial charge in [-0.15, -0.1) is 0 Å². The Bertz CT molecular complexity index is 462. The van der Waals surface area contributed by atoms with Crippen molar-refractivity contribution in [3.63, 3.8) is 0 Å². The summed E-state index contributed by atoms with van der Waals surface area (Å²) < 4.78 is 10.1. The predicted octanol–water partition coefficient (Wildman–Crippen LogP) is 3.34. The van der Waals surface area contributed by atoms with E-state index in [1.54, 1.807) is 20.8 Å². The van der Waals surface area contributed by atoms with Crippen LogP contribution in [0.5, 0.6) is 0 Å². The van der Waals surface area contributed by atoms with Gasteiger partial charge in [0.2, 0.25) is 0 Å². The molecule has 0 unspecified atom stereocenters. The van der Waals surface area contributed by atoms with Gasteiger partial charge in [-0.1, -0.05) is 30.3 Å². The number of hydrogen-bond donors (Lipinski definition) is 1. The summed E-state index contributed by atoms with van der Waals surface area (Å²) in [4.78, 5) is 23.1. The van der Waals surface area contributed by atoms with Gasteiger partial charge in [-0.05, 0) is 26.3 Å². The van der Waals surface area contributed by atoms with Gasteiger partial charge < -0.3 is 21.7 Å². The summed E-state index contributed by atoms with van der Waals surface area (Å²) in [5.41, 5.74) is 0.239. The van der Waals surface area contributed by atoms with Gasteiger partial charge in [0.1, 0.15) is 12.2 Å². The standard InChI is InChI=1S/C15H20NO4.HI.Zn/c1-11(13(17)20-15(2,3)4)16-14(18)19-10-12-8-6-5-7-9-12;;/h5-9,11H,1,10H2,2-4H3,(H,16,18);1H;/q-1;;+2/p-1/t11-;;/m0../s1. The van der Waals surface area contributed by atoms with E-state index in [9.17, 15) is 9.59 Å². The number of amides is 1. The first-order valence-corrected chi connectivity index (χ1v) is 15.6. The summed E-state index contributed by atoms with van der Waals surface area (Å²) >= 11 is 3.62. The second kappa shape index (κ2) is 10.9. The molecule has 7 heteroatoms. The van der Waals surface area contributed by atoms with E-state index < -0.39 is 23.7 Å². The van der Waals surface area contributed by atoms with Crippen molar-refractivity contribution in [2.45, 2.75) is 39.0 Å². The van der Waals surface area contributed by atoms with Gasteiger partial charge in [-0.2, -0.15) is 0 Å². The average Bonchev–Trinajstić information content (AvgIpc) is 2.46. The van der Waals surface area contributed by atoms with Crippen LogP contribution in [-0.2, 0) is 35.7 Å². The van der Waals surface area contributed by atoms with Crippen molar-refractivity contribution in [2.24, 2.45) is 0 Å². The molecule has 0 heterocycles. The number of hydrogen-bond acceptors (Lipinski definition) is 4. The number of esters is 1. The molecule has 5 nitrogen and oxygen atoms in total. The average molecular weight is 471 g/mol. The molecule has 1 atom stereocenters. The van der Waals surface area contributed by atoms with Crippen LogP contribution in [0.1, 0.15) is 26.3 Å². The Balaban J connectivity index is 0.00000211. The van der Waals surface area contributed by atoms with E-state index in [4.69, 9.17) is 9.47 Å². The van der Waals surface area contributed by atoms with Crippen LogP contribution < -0.4 is 5.32 Å². The van der Waals surface area contributed by atoms with Gasteiger partial charge in [0, 0.05) is 6.04 Å². The van der Waals surface area contributed by atoms with Crippen LogP contribution >= 0.6 is 19.8 Å². The summed E-state index contributed by atoms with van der Waals surface area (Å²) in [6, 6.07) is 8.24. The van der Waals surface area contributed by atoms with Crippen molar-refractivity contribution >= 4 is 31.8 Å². The third-order valence-electron chi connectivity index (χ3n) is 2.20. The molecule has 0 spiro atoms. The van der Waals surface area contributed by atoms with Gasteiger partial charge >= 0.3 is 40.6 Å². The van der Waals surface area contributed by atoms with Crippen LogP contribution in [0.15, 0.2) is 30.3 Å². The minimum atomic E-state index is -1.00. The number of halogens is 1. The number of rotatable bonds is 4. The van der Waals surface area contributed by atoms with Crippen molar-refractivity contribution in [1.82, 2.24) is 5.32 Å². The third kappa shape index (κ3) is 10.1. The van der Waals surface area contributed by atoms with Crippen LogP contribution in [0.3, 0.4) is 0 Å². The van der Waals surface area contributed by atoms with E-state index in [0.717, 1.165) is 5.56 Å². The van der Waals surface area contributed by atoms with Crippen molar-refractivity contribution in [1.29, 1.82) is 0 Å². The topological polar surface area (TPSA) is 64.6 Å². The van der Waals surface area contributed by atoms with E-state index in [2.05, 4.69) is 32.0 Å². The molecule has 1 aromatic carbocycles. The molecule has 1 aromatic rings. The number of benzene rings is 1. The number of carbonyl (C=O) groups is 2. The molecular formula is C15H20INO4Zn. The van der Waals surface area contributed by atoms with Crippen molar-refractivity contribution in [3.05, 3.63) is 42.8 Å². The Morgan fingerprint density at radius 1 is 1.27 bits per heavy atom. The van der Waals surface area contributed by atoms with E-state index in [-0.39, 0.29) is 6.61 Å². The first-order chi connectivity index (χ1) is 10.3. The summed E-state index contributed by atoms with van der Waals surface area (Å²) in [6.45, 7) is 8.89. The molecule has 0 aliphatic rings. The van der Waals surface area contributed by atoms with Crippen LogP contribution in [0.25, 0.3) is 0 Å². The first-order valence-electron chi connectivity index (χ1n) is 6.58. The van der Waals surface area contributed by atoms with Gasteiger partial charge in [-0.3, -0.25) is 4.79 Å². The number of ether oxygens (including phenoxy) is 2. The van der Waals surface area contributed by atoms with E-state index in [0.29, 0.717) is 0 Å². The molecule has 0 saturated heterocycles. The van der Waals surface area contributed by atoms with E-state index in [1.807, 2.05) is 30.3 Å². The third-order valence-corrected chi connectivity index (χ3v) is 2.20. The summed E-state index contributed by atoms with van der Waals surface area (Å²) in [6.07, 6.45) is -0.709. The molecule has 118 valence electrons. The molecule has 0 saturated carbocycles. The summed E-state index contributed by atoms with van der Waals surface area (Å²) in [7, 11) is 0. The normalized spacial score (nSPS) is 11.6. The Labute approximate surface area is 152 Å². The summed E-state index contributed by atoms with van der Waals surface area (Å²) in [5, 5.41) is 2.33. The van der Waals surface area contributed by atoms with Crippen LogP contribution in [0.2, 0.25) is 0 Å². The zero-order valence-corrected chi connectivity index (χ0v) is 18.2. The van der Waals surface area contributed by atoms with Crippen molar-refractivity contribution < 1.29 is 33.9 Å². The molecular weight excluding hydrogens is 450 g/mol. The molecule has 0 aliphatic carbocycles. The van der Waals surface area contributed by atoms with E-state index in [1.165, 1.54) is 14.8 Å². The number of carbonyl (C=O) groups excluding carboxylic acids is 2. The molecule has 22 heavy (non-hydrogen) atoms. The summed E-state index contributed by atoms with van der Waals surface area (Å²) in [5.74, 6) is -0.603. The molecule has 1 rings (SSSR count). The molecule has 1 amide bonds. The fourth-order valence-electron chi connectivity index (χ4n) is 1.34. The quantitative estimate of drug-likeness (QED) is 0.317. The second-order valence-electron chi connectivity index (χ2n) is 5.29. The second-order valence-corrected chi connectivity index (χ2v) is 5.29. The molecule has 0 aliphatic heterocycles. The molecule has 0 bridgehead atoms.